The first-order valence-electron chi connectivity index (χ1n) is 5.19. The third-order valence-electron chi connectivity index (χ3n) is 2.48. The summed E-state index contributed by atoms with van der Waals surface area (Å²) in [6, 6.07) is 6.11. The molecule has 0 aliphatic heterocycles. The first-order valence-corrected chi connectivity index (χ1v) is 5.98. The predicted octanol–water partition coefficient (Wildman–Crippen LogP) is 3.58. The number of fused-ring (bicyclic) bond motifs is 1. The van der Waals surface area contributed by atoms with E-state index in [0.717, 1.165) is 15.5 Å². The van der Waals surface area contributed by atoms with Crippen LogP contribution in [0.2, 0.25) is 0 Å². The second kappa shape index (κ2) is 4.01. The smallest absolute Gasteiger partial charge is 0.195 e. The molecule has 0 bridgehead atoms. The molecule has 0 N–H and O–H groups in total. The van der Waals surface area contributed by atoms with Crippen molar-refractivity contribution in [2.75, 3.05) is 0 Å². The summed E-state index contributed by atoms with van der Waals surface area (Å²) in [5, 5.41) is 0. The van der Waals surface area contributed by atoms with Crippen molar-refractivity contribution in [2.24, 2.45) is 0 Å². The van der Waals surface area contributed by atoms with Gasteiger partial charge in [0.05, 0.1) is 11.0 Å². The van der Waals surface area contributed by atoms with E-state index in [1.165, 1.54) is 0 Å². The van der Waals surface area contributed by atoms with Crippen LogP contribution < -0.4 is 0 Å². The zero-order valence-electron chi connectivity index (χ0n) is 9.49. The molecule has 0 radical (unpaired) electrons. The van der Waals surface area contributed by atoms with Gasteiger partial charge in [0.15, 0.2) is 11.6 Å². The normalized spacial score (nSPS) is 11.3. The Balaban J connectivity index is 2.81. The Kier molecular flexibility index (Phi) is 2.84. The fourth-order valence-electron chi connectivity index (χ4n) is 1.84. The number of ketones is 1. The number of hydrogen-bond donors (Lipinski definition) is 0. The van der Waals surface area contributed by atoms with Crippen molar-refractivity contribution in [1.29, 1.82) is 0 Å². The van der Waals surface area contributed by atoms with E-state index in [9.17, 15) is 4.79 Å². The van der Waals surface area contributed by atoms with Crippen LogP contribution >= 0.6 is 15.9 Å². The lowest BCUT2D eigenvalue weighted by atomic mass is 10.3. The molecule has 1 aromatic carbocycles. The van der Waals surface area contributed by atoms with Crippen molar-refractivity contribution in [2.45, 2.75) is 26.8 Å². The summed E-state index contributed by atoms with van der Waals surface area (Å²) >= 11 is 3.41. The van der Waals surface area contributed by atoms with Crippen LogP contribution in [0.1, 0.15) is 37.4 Å². The molecule has 0 atom stereocenters. The van der Waals surface area contributed by atoms with Crippen LogP contribution in [0.4, 0.5) is 0 Å². The largest absolute Gasteiger partial charge is 0.319 e. The Labute approximate surface area is 103 Å². The lowest BCUT2D eigenvalue weighted by Gasteiger charge is -2.11. The van der Waals surface area contributed by atoms with E-state index in [4.69, 9.17) is 0 Å². The van der Waals surface area contributed by atoms with E-state index in [0.29, 0.717) is 5.82 Å². The number of carbonyl (C=O) groups is 1. The zero-order valence-corrected chi connectivity index (χ0v) is 11.1. The van der Waals surface area contributed by atoms with Crippen molar-refractivity contribution in [3.8, 4) is 0 Å². The molecule has 0 saturated carbocycles. The number of benzene rings is 1. The highest BCUT2D eigenvalue weighted by Crippen LogP contribution is 2.24. The number of carbonyl (C=O) groups excluding carboxylic acids is 1. The van der Waals surface area contributed by atoms with E-state index >= 15 is 0 Å². The van der Waals surface area contributed by atoms with Gasteiger partial charge in [-0.1, -0.05) is 15.9 Å². The summed E-state index contributed by atoms with van der Waals surface area (Å²) < 4.78 is 2.95. The molecular formula is C12H13BrN2O. The minimum Gasteiger partial charge on any atom is -0.319 e. The Hall–Kier alpha value is -1.16. The average Bonchev–Trinajstić information content (AvgIpc) is 2.55. The monoisotopic (exact) mass is 280 g/mol. The van der Waals surface area contributed by atoms with Crippen LogP contribution in [0.15, 0.2) is 22.7 Å². The maximum atomic E-state index is 11.5. The van der Waals surface area contributed by atoms with Crippen LogP contribution in [0, 0.1) is 0 Å². The Bertz CT molecular complexity index is 557. The Morgan fingerprint density at radius 3 is 2.69 bits per heavy atom. The van der Waals surface area contributed by atoms with E-state index < -0.39 is 0 Å². The van der Waals surface area contributed by atoms with Crippen molar-refractivity contribution in [3.63, 3.8) is 0 Å². The summed E-state index contributed by atoms with van der Waals surface area (Å²) in [5.74, 6) is 0.532. The summed E-state index contributed by atoms with van der Waals surface area (Å²) in [6.07, 6.45) is 0. The quantitative estimate of drug-likeness (QED) is 0.788. The van der Waals surface area contributed by atoms with Gasteiger partial charge < -0.3 is 4.57 Å². The molecule has 0 aliphatic rings. The van der Waals surface area contributed by atoms with E-state index in [2.05, 4.69) is 34.8 Å². The second-order valence-corrected chi connectivity index (χ2v) is 5.00. The second-order valence-electron chi connectivity index (χ2n) is 4.09. The standard InChI is InChI=1S/C12H13BrN2O/c1-7(2)15-11-5-4-9(13)6-10(11)14-12(15)8(3)16/h4-7H,1-3H3. The van der Waals surface area contributed by atoms with Crippen molar-refractivity contribution in [1.82, 2.24) is 9.55 Å². The van der Waals surface area contributed by atoms with Gasteiger partial charge in [0.2, 0.25) is 0 Å². The third kappa shape index (κ3) is 1.78. The molecule has 3 nitrogen and oxygen atoms in total. The molecule has 1 aromatic heterocycles. The number of rotatable bonds is 2. The molecule has 2 aromatic rings. The van der Waals surface area contributed by atoms with Gasteiger partial charge in [-0.05, 0) is 32.0 Å². The van der Waals surface area contributed by atoms with Crippen LogP contribution in [-0.2, 0) is 0 Å². The van der Waals surface area contributed by atoms with Gasteiger partial charge in [0.25, 0.3) is 0 Å². The number of aromatic nitrogens is 2. The predicted molar refractivity (Wildman–Crippen MR) is 67.8 cm³/mol. The molecule has 0 fully saturated rings. The van der Waals surface area contributed by atoms with Gasteiger partial charge in [-0.3, -0.25) is 4.79 Å². The van der Waals surface area contributed by atoms with Crippen molar-refractivity contribution >= 4 is 32.7 Å². The first kappa shape index (κ1) is 11.3. The van der Waals surface area contributed by atoms with Crippen LogP contribution in [-0.4, -0.2) is 15.3 Å². The Morgan fingerprint density at radius 1 is 1.44 bits per heavy atom. The molecule has 2 rings (SSSR count). The maximum Gasteiger partial charge on any atom is 0.195 e. The number of nitrogens with zero attached hydrogens (tertiary/aromatic N) is 2. The van der Waals surface area contributed by atoms with Crippen molar-refractivity contribution < 1.29 is 4.79 Å². The minimum atomic E-state index is 0.000947. The summed E-state index contributed by atoms with van der Waals surface area (Å²) in [6.45, 7) is 5.65. The van der Waals surface area contributed by atoms with Gasteiger partial charge in [-0.2, -0.15) is 0 Å². The van der Waals surface area contributed by atoms with Crippen molar-refractivity contribution in [3.05, 3.63) is 28.5 Å². The SMILES string of the molecule is CC(=O)c1nc2cc(Br)ccc2n1C(C)C. The highest BCUT2D eigenvalue weighted by atomic mass is 79.9. The lowest BCUT2D eigenvalue weighted by Crippen LogP contribution is -2.09. The van der Waals surface area contributed by atoms with E-state index in [1.54, 1.807) is 6.92 Å². The fraction of sp³-hybridized carbons (Fsp3) is 0.333. The van der Waals surface area contributed by atoms with Gasteiger partial charge in [-0.15, -0.1) is 0 Å². The molecular weight excluding hydrogens is 268 g/mol. The molecule has 0 saturated heterocycles. The number of imidazole rings is 1. The topological polar surface area (TPSA) is 34.9 Å². The molecule has 1 heterocycles. The summed E-state index contributed by atoms with van der Waals surface area (Å²) in [7, 11) is 0. The number of halogens is 1. The van der Waals surface area contributed by atoms with Gasteiger partial charge in [0.1, 0.15) is 0 Å². The molecule has 0 aliphatic carbocycles. The number of hydrogen-bond acceptors (Lipinski definition) is 2. The molecule has 0 spiro atoms. The van der Waals surface area contributed by atoms with Gasteiger partial charge in [0, 0.05) is 17.4 Å². The highest BCUT2D eigenvalue weighted by molar-refractivity contribution is 9.10. The third-order valence-corrected chi connectivity index (χ3v) is 2.98. The van der Waals surface area contributed by atoms with Crippen LogP contribution in [0.5, 0.6) is 0 Å². The molecule has 16 heavy (non-hydrogen) atoms. The summed E-state index contributed by atoms with van der Waals surface area (Å²) in [4.78, 5) is 15.9. The van der Waals surface area contributed by atoms with Crippen LogP contribution in [0.25, 0.3) is 11.0 Å². The Morgan fingerprint density at radius 2 is 2.12 bits per heavy atom. The minimum absolute atomic E-state index is 0.000947. The molecule has 4 heteroatoms. The maximum absolute atomic E-state index is 11.5. The zero-order chi connectivity index (χ0) is 11.9. The highest BCUT2D eigenvalue weighted by Gasteiger charge is 2.16. The van der Waals surface area contributed by atoms with Gasteiger partial charge in [-0.25, -0.2) is 4.98 Å². The van der Waals surface area contributed by atoms with Gasteiger partial charge >= 0.3 is 0 Å². The molecule has 84 valence electrons. The molecule has 0 unspecified atom stereocenters. The van der Waals surface area contributed by atoms with Crippen LogP contribution in [0.3, 0.4) is 0 Å². The summed E-state index contributed by atoms with van der Waals surface area (Å²) in [5.41, 5.74) is 1.86. The average molecular weight is 281 g/mol. The van der Waals surface area contributed by atoms with E-state index in [-0.39, 0.29) is 11.8 Å². The lowest BCUT2D eigenvalue weighted by molar-refractivity contribution is 0.0998. The number of Topliss-reactive ketones (excluding diaryl/α,β-unsaturated/α-hetero) is 1. The fourth-order valence-corrected chi connectivity index (χ4v) is 2.19. The first-order chi connectivity index (χ1) is 7.50. The molecule has 0 amide bonds. The van der Waals surface area contributed by atoms with E-state index in [1.807, 2.05) is 22.8 Å².